The third kappa shape index (κ3) is 3.29. The van der Waals surface area contributed by atoms with Crippen molar-refractivity contribution in [2.75, 3.05) is 33.8 Å². The highest BCUT2D eigenvalue weighted by molar-refractivity contribution is 5.70. The molecular formula is C18H26N2O3. The Morgan fingerprint density at radius 1 is 1.43 bits per heavy atom. The molecule has 2 heterocycles. The summed E-state index contributed by atoms with van der Waals surface area (Å²) in [5, 5.41) is 0. The van der Waals surface area contributed by atoms with Crippen LogP contribution in [0.5, 0.6) is 11.5 Å². The Morgan fingerprint density at radius 3 is 3.00 bits per heavy atom. The summed E-state index contributed by atoms with van der Waals surface area (Å²) in [6, 6.07) is 6.18. The van der Waals surface area contributed by atoms with Crippen molar-refractivity contribution < 1.29 is 14.3 Å². The molecule has 0 bridgehead atoms. The molecule has 0 spiro atoms. The lowest BCUT2D eigenvalue weighted by Crippen LogP contribution is -2.49. The Labute approximate surface area is 138 Å². The van der Waals surface area contributed by atoms with Crippen LogP contribution in [0, 0.1) is 0 Å². The van der Waals surface area contributed by atoms with E-state index in [9.17, 15) is 4.79 Å². The van der Waals surface area contributed by atoms with Gasteiger partial charge in [-0.3, -0.25) is 4.90 Å². The summed E-state index contributed by atoms with van der Waals surface area (Å²) in [4.78, 5) is 15.7. The minimum Gasteiger partial charge on any atom is -0.492 e. The zero-order valence-corrected chi connectivity index (χ0v) is 14.2. The zero-order chi connectivity index (χ0) is 16.4. The molecule has 1 saturated heterocycles. The van der Waals surface area contributed by atoms with Gasteiger partial charge in [-0.2, -0.15) is 0 Å². The minimum atomic E-state index is -0.352. The molecular weight excluding hydrogens is 292 g/mol. The number of amides is 1. The first kappa shape index (κ1) is 16.1. The summed E-state index contributed by atoms with van der Waals surface area (Å²) < 4.78 is 11.4. The summed E-state index contributed by atoms with van der Waals surface area (Å²) in [6.45, 7) is 5.26. The number of likely N-dealkylation sites (tertiary alicyclic amines) is 1. The normalized spacial score (nSPS) is 23.4. The van der Waals surface area contributed by atoms with Crippen LogP contribution >= 0.6 is 0 Å². The summed E-state index contributed by atoms with van der Waals surface area (Å²) in [5.41, 5.74) is 1.19. The third-order valence-electron chi connectivity index (χ3n) is 4.77. The van der Waals surface area contributed by atoms with Gasteiger partial charge in [0.05, 0.1) is 6.04 Å². The van der Waals surface area contributed by atoms with Gasteiger partial charge in [-0.05, 0) is 50.6 Å². The summed E-state index contributed by atoms with van der Waals surface area (Å²) in [5.74, 6) is 2.01. The van der Waals surface area contributed by atoms with E-state index < -0.39 is 0 Å². The lowest BCUT2D eigenvalue weighted by molar-refractivity contribution is 0.0658. The highest BCUT2D eigenvalue weighted by atomic mass is 16.6. The first-order chi connectivity index (χ1) is 11.1. The second-order valence-electron chi connectivity index (χ2n) is 6.63. The van der Waals surface area contributed by atoms with Crippen LogP contribution in [0.3, 0.4) is 0 Å². The Morgan fingerprint density at radius 2 is 2.26 bits per heavy atom. The monoisotopic (exact) mass is 318 g/mol. The molecule has 0 aromatic heterocycles. The number of rotatable bonds is 3. The Bertz CT molecular complexity index is 571. The number of carbonyl (C=O) groups is 1. The maximum Gasteiger partial charge on any atom is 0.414 e. The number of fused-ring (bicyclic) bond motifs is 3. The summed E-state index contributed by atoms with van der Waals surface area (Å²) in [6.07, 6.45) is 3.19. The topological polar surface area (TPSA) is 42.0 Å². The highest BCUT2D eigenvalue weighted by Gasteiger charge is 2.37. The van der Waals surface area contributed by atoms with Crippen LogP contribution in [-0.4, -0.2) is 55.7 Å². The van der Waals surface area contributed by atoms with Gasteiger partial charge in [0.25, 0.3) is 0 Å². The number of hydrogen-bond donors (Lipinski definition) is 0. The average Bonchev–Trinajstić information content (AvgIpc) is 2.55. The number of piperidine rings is 1. The van der Waals surface area contributed by atoms with Crippen molar-refractivity contribution in [3.05, 3.63) is 23.8 Å². The molecule has 5 nitrogen and oxygen atoms in total. The SMILES string of the molecule is CCCN1CCC[C@@H]2c3cc(OC(=O)N(C)C)ccc3OC[C@H]21. The van der Waals surface area contributed by atoms with E-state index in [4.69, 9.17) is 9.47 Å². The van der Waals surface area contributed by atoms with E-state index in [0.717, 1.165) is 31.9 Å². The number of benzene rings is 1. The predicted octanol–water partition coefficient (Wildman–Crippen LogP) is 3.10. The lowest BCUT2D eigenvalue weighted by Gasteiger charge is -2.44. The van der Waals surface area contributed by atoms with E-state index in [2.05, 4.69) is 11.8 Å². The molecule has 0 saturated carbocycles. The Balaban J connectivity index is 1.83. The number of hydrogen-bond acceptors (Lipinski definition) is 4. The molecule has 2 atom stereocenters. The molecule has 1 fully saturated rings. The van der Waals surface area contributed by atoms with Crippen LogP contribution < -0.4 is 9.47 Å². The molecule has 2 aliphatic heterocycles. The van der Waals surface area contributed by atoms with Crippen molar-refractivity contribution in [3.8, 4) is 11.5 Å². The standard InChI is InChI=1S/C18H26N2O3/c1-4-9-20-10-5-6-14-15-11-13(23-18(21)19(2)3)7-8-17(15)22-12-16(14)20/h7-8,11,14,16H,4-6,9-10,12H2,1-3H3/t14-,16-/m1/s1. The molecule has 0 aliphatic carbocycles. The van der Waals surface area contributed by atoms with E-state index in [-0.39, 0.29) is 6.09 Å². The van der Waals surface area contributed by atoms with Gasteiger partial charge < -0.3 is 14.4 Å². The fraction of sp³-hybridized carbons (Fsp3) is 0.611. The van der Waals surface area contributed by atoms with Gasteiger partial charge >= 0.3 is 6.09 Å². The van der Waals surface area contributed by atoms with E-state index in [0.29, 0.717) is 17.7 Å². The van der Waals surface area contributed by atoms with Crippen LogP contribution in [0.4, 0.5) is 4.79 Å². The average molecular weight is 318 g/mol. The van der Waals surface area contributed by atoms with Gasteiger partial charge in [0.15, 0.2) is 0 Å². The first-order valence-electron chi connectivity index (χ1n) is 8.50. The van der Waals surface area contributed by atoms with Crippen LogP contribution in [0.2, 0.25) is 0 Å². The predicted molar refractivity (Wildman–Crippen MR) is 89.3 cm³/mol. The van der Waals surface area contributed by atoms with Crippen molar-refractivity contribution in [2.24, 2.45) is 0 Å². The second-order valence-corrected chi connectivity index (χ2v) is 6.63. The van der Waals surface area contributed by atoms with Gasteiger partial charge in [0, 0.05) is 25.6 Å². The molecule has 2 aliphatic rings. The summed E-state index contributed by atoms with van der Waals surface area (Å²) >= 11 is 0. The maximum atomic E-state index is 11.8. The van der Waals surface area contributed by atoms with Gasteiger partial charge in [-0.15, -0.1) is 0 Å². The minimum absolute atomic E-state index is 0.352. The van der Waals surface area contributed by atoms with E-state index in [1.54, 1.807) is 14.1 Å². The molecule has 0 N–H and O–H groups in total. The molecule has 0 radical (unpaired) electrons. The Kier molecular flexibility index (Phi) is 4.76. The third-order valence-corrected chi connectivity index (χ3v) is 4.77. The molecule has 1 amide bonds. The number of carbonyl (C=O) groups excluding carboxylic acids is 1. The molecule has 23 heavy (non-hydrogen) atoms. The van der Waals surface area contributed by atoms with Crippen LogP contribution in [-0.2, 0) is 0 Å². The quantitative estimate of drug-likeness (QED) is 0.859. The molecule has 5 heteroatoms. The van der Waals surface area contributed by atoms with E-state index in [1.807, 2.05) is 18.2 Å². The summed E-state index contributed by atoms with van der Waals surface area (Å²) in [7, 11) is 3.37. The molecule has 3 rings (SSSR count). The fourth-order valence-corrected chi connectivity index (χ4v) is 3.65. The zero-order valence-electron chi connectivity index (χ0n) is 14.2. The number of nitrogens with zero attached hydrogens (tertiary/aromatic N) is 2. The van der Waals surface area contributed by atoms with Crippen LogP contribution in [0.25, 0.3) is 0 Å². The van der Waals surface area contributed by atoms with Gasteiger partial charge in [0.2, 0.25) is 0 Å². The molecule has 1 aromatic rings. The largest absolute Gasteiger partial charge is 0.492 e. The van der Waals surface area contributed by atoms with Crippen molar-refractivity contribution in [1.82, 2.24) is 9.80 Å². The van der Waals surface area contributed by atoms with Gasteiger partial charge in [-0.1, -0.05) is 6.92 Å². The van der Waals surface area contributed by atoms with Gasteiger partial charge in [-0.25, -0.2) is 4.79 Å². The van der Waals surface area contributed by atoms with Crippen molar-refractivity contribution in [2.45, 2.75) is 38.1 Å². The van der Waals surface area contributed by atoms with Crippen molar-refractivity contribution >= 4 is 6.09 Å². The highest BCUT2D eigenvalue weighted by Crippen LogP contribution is 2.42. The second kappa shape index (κ2) is 6.79. The fourth-order valence-electron chi connectivity index (χ4n) is 3.65. The lowest BCUT2D eigenvalue weighted by atomic mass is 9.81. The van der Waals surface area contributed by atoms with Gasteiger partial charge in [0.1, 0.15) is 18.1 Å². The van der Waals surface area contributed by atoms with E-state index in [1.165, 1.54) is 23.3 Å². The Hall–Kier alpha value is -1.75. The number of ether oxygens (including phenoxy) is 2. The van der Waals surface area contributed by atoms with Crippen LogP contribution in [0.1, 0.15) is 37.7 Å². The van der Waals surface area contributed by atoms with Crippen LogP contribution in [0.15, 0.2) is 18.2 Å². The van der Waals surface area contributed by atoms with Crippen molar-refractivity contribution in [3.63, 3.8) is 0 Å². The maximum absolute atomic E-state index is 11.8. The van der Waals surface area contributed by atoms with Crippen molar-refractivity contribution in [1.29, 1.82) is 0 Å². The smallest absolute Gasteiger partial charge is 0.414 e. The molecule has 1 aromatic carbocycles. The molecule has 0 unspecified atom stereocenters. The first-order valence-corrected chi connectivity index (χ1v) is 8.50. The van der Waals surface area contributed by atoms with E-state index >= 15 is 0 Å². The molecule has 126 valence electrons.